The molecule has 1 N–H and O–H groups in total. The normalized spacial score (nSPS) is 17.4. The number of ether oxygens (including phenoxy) is 1. The van der Waals surface area contributed by atoms with Gasteiger partial charge in [0, 0.05) is 53.6 Å². The quantitative estimate of drug-likeness (QED) is 0.195. The number of nitrogens with zero attached hydrogens (tertiary/aromatic N) is 4. The van der Waals surface area contributed by atoms with Crippen LogP contribution in [0.3, 0.4) is 0 Å². The van der Waals surface area contributed by atoms with E-state index in [1.807, 2.05) is 18.2 Å². The lowest BCUT2D eigenvalue weighted by atomic mass is 9.81. The summed E-state index contributed by atoms with van der Waals surface area (Å²) in [7, 11) is 1.69. The van der Waals surface area contributed by atoms with Crippen LogP contribution in [0.5, 0.6) is 5.75 Å². The van der Waals surface area contributed by atoms with Crippen LogP contribution < -0.4 is 9.64 Å². The first-order valence-corrected chi connectivity index (χ1v) is 17.5. The number of fused-ring (bicyclic) bond motifs is 7. The van der Waals surface area contributed by atoms with Gasteiger partial charge in [0.25, 0.3) is 0 Å². The van der Waals surface area contributed by atoms with Crippen LogP contribution >= 0.6 is 0 Å². The second-order valence-electron chi connectivity index (χ2n) is 13.6. The van der Waals surface area contributed by atoms with Crippen molar-refractivity contribution in [2.75, 3.05) is 44.7 Å². The Morgan fingerprint density at radius 3 is 2.36 bits per heavy atom. The van der Waals surface area contributed by atoms with Crippen LogP contribution in [0.4, 0.5) is 5.69 Å². The van der Waals surface area contributed by atoms with Crippen molar-refractivity contribution in [1.82, 2.24) is 14.5 Å². The van der Waals surface area contributed by atoms with Crippen LogP contribution in [0.15, 0.2) is 66.7 Å². The van der Waals surface area contributed by atoms with Gasteiger partial charge in [-0.3, -0.25) is 0 Å². The minimum absolute atomic E-state index is 0.355. The summed E-state index contributed by atoms with van der Waals surface area (Å²) in [6.07, 6.45) is 10.0. The van der Waals surface area contributed by atoms with E-state index in [2.05, 4.69) is 56.8 Å². The third-order valence-corrected chi connectivity index (χ3v) is 10.9. The summed E-state index contributed by atoms with van der Waals surface area (Å²) >= 11 is 0. The number of aromatic nitrogens is 2. The summed E-state index contributed by atoms with van der Waals surface area (Å²) in [5, 5.41) is 12.4. The van der Waals surface area contributed by atoms with Crippen molar-refractivity contribution < 1.29 is 14.6 Å². The van der Waals surface area contributed by atoms with Gasteiger partial charge in [0.15, 0.2) is 0 Å². The summed E-state index contributed by atoms with van der Waals surface area (Å²) in [5.74, 6) is 0.435. The molecule has 2 aromatic heterocycles. The smallest absolute Gasteiger partial charge is 0.335 e. The Morgan fingerprint density at radius 2 is 1.60 bits per heavy atom. The van der Waals surface area contributed by atoms with Crippen molar-refractivity contribution in [2.24, 2.45) is 0 Å². The third kappa shape index (κ3) is 5.54. The molecule has 0 bridgehead atoms. The molecule has 0 spiro atoms. The van der Waals surface area contributed by atoms with Crippen molar-refractivity contribution in [2.45, 2.75) is 63.8 Å². The van der Waals surface area contributed by atoms with Gasteiger partial charge < -0.3 is 24.2 Å². The third-order valence-electron chi connectivity index (χ3n) is 10.9. The molecule has 242 valence electrons. The average Bonchev–Trinajstić information content (AvgIpc) is 3.35. The first-order chi connectivity index (χ1) is 23.1. The summed E-state index contributed by atoms with van der Waals surface area (Å²) < 4.78 is 7.84. The maximum Gasteiger partial charge on any atom is 0.335 e. The second kappa shape index (κ2) is 12.7. The molecule has 4 heterocycles. The molecule has 3 aromatic carbocycles. The lowest BCUT2D eigenvalue weighted by Gasteiger charge is -2.32. The number of methoxy groups -OCH3 is 1. The van der Waals surface area contributed by atoms with Crippen LogP contribution in [-0.4, -0.2) is 65.4 Å². The van der Waals surface area contributed by atoms with Gasteiger partial charge >= 0.3 is 5.97 Å². The average molecular weight is 629 g/mol. The first-order valence-electron chi connectivity index (χ1n) is 17.5. The standard InChI is InChI=1S/C40H44N4O3/c1-47-30-13-10-27(11-14-30)34-18-16-31-35(41-34)19-17-33-38(31)43(23-22-42-20-6-3-7-21-42)24-25-44-36-26-29(40(45)46)12-15-32(36)37(39(33)44)28-8-4-2-5-9-28/h10-19,26,28H,2-9,20-25H2,1H3,(H,45,46). The van der Waals surface area contributed by atoms with Crippen molar-refractivity contribution in [3.8, 4) is 28.3 Å². The number of pyridine rings is 1. The fourth-order valence-electron chi connectivity index (χ4n) is 8.48. The first kappa shape index (κ1) is 30.0. The molecular formula is C40H44N4O3. The van der Waals surface area contributed by atoms with Crippen molar-refractivity contribution >= 4 is 33.5 Å². The van der Waals surface area contributed by atoms with E-state index < -0.39 is 5.97 Å². The molecule has 1 aliphatic carbocycles. The van der Waals surface area contributed by atoms with Gasteiger partial charge in [-0.1, -0.05) is 31.7 Å². The minimum atomic E-state index is -0.872. The number of likely N-dealkylation sites (tertiary alicyclic amines) is 1. The maximum atomic E-state index is 12.1. The monoisotopic (exact) mass is 628 g/mol. The lowest BCUT2D eigenvalue weighted by molar-refractivity contribution is 0.0697. The molecule has 7 nitrogen and oxygen atoms in total. The molecule has 2 aliphatic heterocycles. The van der Waals surface area contributed by atoms with Gasteiger partial charge in [-0.2, -0.15) is 0 Å². The van der Waals surface area contributed by atoms with Gasteiger partial charge in [-0.05, 0) is 111 Å². The fourth-order valence-corrected chi connectivity index (χ4v) is 8.48. The zero-order valence-electron chi connectivity index (χ0n) is 27.4. The predicted octanol–water partition coefficient (Wildman–Crippen LogP) is 8.58. The Morgan fingerprint density at radius 1 is 0.830 bits per heavy atom. The van der Waals surface area contributed by atoms with Gasteiger partial charge in [0.1, 0.15) is 5.75 Å². The van der Waals surface area contributed by atoms with E-state index in [-0.39, 0.29) is 0 Å². The van der Waals surface area contributed by atoms with E-state index in [0.29, 0.717) is 11.5 Å². The van der Waals surface area contributed by atoms with Crippen molar-refractivity contribution in [3.63, 3.8) is 0 Å². The largest absolute Gasteiger partial charge is 0.497 e. The van der Waals surface area contributed by atoms with Gasteiger partial charge in [0.05, 0.1) is 35.3 Å². The van der Waals surface area contributed by atoms with Gasteiger partial charge in [-0.25, -0.2) is 9.78 Å². The summed E-state index contributed by atoms with van der Waals surface area (Å²) in [6.45, 7) is 6.03. The molecule has 1 saturated carbocycles. The van der Waals surface area contributed by atoms with Crippen LogP contribution in [0.1, 0.15) is 73.2 Å². The number of benzene rings is 3. The molecule has 5 aromatic rings. The highest BCUT2D eigenvalue weighted by Crippen LogP contribution is 2.49. The van der Waals surface area contributed by atoms with E-state index in [4.69, 9.17) is 9.72 Å². The number of anilines is 1. The maximum absolute atomic E-state index is 12.1. The number of aromatic carboxylic acids is 1. The molecule has 2 fully saturated rings. The van der Waals surface area contributed by atoms with Crippen LogP contribution in [0, 0.1) is 0 Å². The van der Waals surface area contributed by atoms with Crippen LogP contribution in [-0.2, 0) is 6.54 Å². The molecule has 1 saturated heterocycles. The molecule has 47 heavy (non-hydrogen) atoms. The minimum Gasteiger partial charge on any atom is -0.497 e. The van der Waals surface area contributed by atoms with Crippen molar-refractivity contribution in [1.29, 1.82) is 0 Å². The Labute approximate surface area is 276 Å². The Kier molecular flexibility index (Phi) is 8.10. The fraction of sp³-hybridized carbons (Fsp3) is 0.400. The van der Waals surface area contributed by atoms with E-state index in [1.54, 1.807) is 13.2 Å². The number of hydrogen-bond donors (Lipinski definition) is 1. The lowest BCUT2D eigenvalue weighted by Crippen LogP contribution is -2.38. The zero-order valence-corrected chi connectivity index (χ0v) is 27.4. The van der Waals surface area contributed by atoms with Crippen LogP contribution in [0.2, 0.25) is 0 Å². The second-order valence-corrected chi connectivity index (χ2v) is 13.6. The van der Waals surface area contributed by atoms with E-state index in [9.17, 15) is 9.90 Å². The highest BCUT2D eigenvalue weighted by atomic mass is 16.5. The number of hydrogen-bond acceptors (Lipinski definition) is 5. The Hall–Kier alpha value is -4.36. The molecule has 0 unspecified atom stereocenters. The highest BCUT2D eigenvalue weighted by molar-refractivity contribution is 6.05. The number of carbonyl (C=O) groups is 1. The summed E-state index contributed by atoms with van der Waals surface area (Å²) in [4.78, 5) is 22.6. The van der Waals surface area contributed by atoms with Gasteiger partial charge in [0.2, 0.25) is 0 Å². The zero-order chi connectivity index (χ0) is 31.9. The predicted molar refractivity (Wildman–Crippen MR) is 190 cm³/mol. The molecule has 0 amide bonds. The summed E-state index contributed by atoms with van der Waals surface area (Å²) in [6, 6.07) is 22.9. The molecule has 0 radical (unpaired) electrons. The molecule has 3 aliphatic rings. The SMILES string of the molecule is COc1ccc(-c2ccc3c4c(ccc3n2)-c2c(C3CCCCC3)c3ccc(C(=O)O)cc3n2CCN4CCN2CCCCC2)cc1. The van der Waals surface area contributed by atoms with E-state index >= 15 is 0 Å². The Bertz CT molecular complexity index is 1930. The van der Waals surface area contributed by atoms with Crippen LogP contribution in [0.25, 0.3) is 44.3 Å². The molecule has 0 atom stereocenters. The van der Waals surface area contributed by atoms with Crippen molar-refractivity contribution in [3.05, 3.63) is 77.9 Å². The number of carboxylic acids is 1. The number of piperidine rings is 1. The molecular weight excluding hydrogens is 584 g/mol. The highest BCUT2D eigenvalue weighted by Gasteiger charge is 2.32. The molecule has 7 heteroatoms. The summed E-state index contributed by atoms with van der Waals surface area (Å²) in [5.41, 5.74) is 9.64. The Balaban J connectivity index is 1.32. The van der Waals surface area contributed by atoms with Gasteiger partial charge in [-0.15, -0.1) is 0 Å². The number of rotatable bonds is 7. The topological polar surface area (TPSA) is 70.8 Å². The number of carboxylic acid groups (broad SMARTS) is 1. The molecule has 8 rings (SSSR count). The van der Waals surface area contributed by atoms with E-state index in [1.165, 1.54) is 97.7 Å². The van der Waals surface area contributed by atoms with E-state index in [0.717, 1.165) is 54.2 Å².